The Hall–Kier alpha value is -1.43. The monoisotopic (exact) mass is 530 g/mol. The number of nitrogens with zero attached hydrogens (tertiary/aromatic N) is 4. The smallest absolute Gasteiger partial charge is 0.191 e. The second-order valence-corrected chi connectivity index (χ2v) is 7.79. The molecule has 1 aliphatic heterocycles. The van der Waals surface area contributed by atoms with Gasteiger partial charge >= 0.3 is 0 Å². The van der Waals surface area contributed by atoms with Crippen LogP contribution in [-0.2, 0) is 11.3 Å². The minimum absolute atomic E-state index is 0. The molecule has 1 unspecified atom stereocenters. The van der Waals surface area contributed by atoms with Crippen LogP contribution in [0.2, 0.25) is 0 Å². The number of morpholine rings is 1. The number of aromatic nitrogens is 2. The second-order valence-electron chi connectivity index (χ2n) is 7.79. The van der Waals surface area contributed by atoms with Crippen LogP contribution >= 0.6 is 24.0 Å². The van der Waals surface area contributed by atoms with Gasteiger partial charge in [0.05, 0.1) is 42.7 Å². The summed E-state index contributed by atoms with van der Waals surface area (Å²) in [6.45, 7) is 10.5. The highest BCUT2D eigenvalue weighted by molar-refractivity contribution is 14.0. The summed E-state index contributed by atoms with van der Waals surface area (Å²) >= 11 is 0. The predicted molar refractivity (Wildman–Crippen MR) is 132 cm³/mol. The number of aliphatic hydroxyl groups is 1. The van der Waals surface area contributed by atoms with Gasteiger partial charge in [0.2, 0.25) is 0 Å². The summed E-state index contributed by atoms with van der Waals surface area (Å²) in [5.41, 5.74) is 1.32. The molecule has 168 valence electrons. The van der Waals surface area contributed by atoms with E-state index >= 15 is 0 Å². The summed E-state index contributed by atoms with van der Waals surface area (Å²) in [5, 5.41) is 17.4. The standard InChI is InChI=1S/C21H34N6O2.HI/c1-3-22-20(24-15-21(2,28)16-26-11-13-29-14-12-26)23-9-6-10-27-17-25-18-7-4-5-8-19(18)27;/h4-5,7-8,17,28H,3,6,9-16H2,1-2H3,(H2,22,23,24);1H. The van der Waals surface area contributed by atoms with Gasteiger partial charge in [-0.1, -0.05) is 12.1 Å². The maximum Gasteiger partial charge on any atom is 0.191 e. The normalized spacial score (nSPS) is 17.4. The maximum absolute atomic E-state index is 10.7. The first-order valence-corrected chi connectivity index (χ1v) is 10.5. The SMILES string of the molecule is CCNC(=NCC(C)(O)CN1CCOCC1)NCCCn1cnc2ccccc21.I. The van der Waals surface area contributed by atoms with Crippen LogP contribution in [0.5, 0.6) is 0 Å². The van der Waals surface area contributed by atoms with E-state index in [4.69, 9.17) is 4.74 Å². The molecular weight excluding hydrogens is 495 g/mol. The Morgan fingerprint density at radius 1 is 1.27 bits per heavy atom. The maximum atomic E-state index is 10.7. The largest absolute Gasteiger partial charge is 0.387 e. The lowest BCUT2D eigenvalue weighted by Gasteiger charge is -2.33. The fraction of sp³-hybridized carbons (Fsp3) is 0.619. The highest BCUT2D eigenvalue weighted by Gasteiger charge is 2.25. The third kappa shape index (κ3) is 7.68. The van der Waals surface area contributed by atoms with E-state index in [1.54, 1.807) is 0 Å². The number of fused-ring (bicyclic) bond motifs is 1. The summed E-state index contributed by atoms with van der Waals surface area (Å²) in [7, 11) is 0. The lowest BCUT2D eigenvalue weighted by Crippen LogP contribution is -2.48. The Morgan fingerprint density at radius 3 is 2.80 bits per heavy atom. The number of hydrogen-bond acceptors (Lipinski definition) is 5. The molecule has 2 aromatic rings. The van der Waals surface area contributed by atoms with Gasteiger partial charge in [0.1, 0.15) is 0 Å². The molecule has 9 heteroatoms. The van der Waals surface area contributed by atoms with Crippen LogP contribution in [0, 0.1) is 0 Å². The van der Waals surface area contributed by atoms with Crippen LogP contribution in [0.3, 0.4) is 0 Å². The number of hydrogen-bond donors (Lipinski definition) is 3. The molecule has 3 rings (SSSR count). The van der Waals surface area contributed by atoms with Gasteiger partial charge in [-0.25, -0.2) is 4.98 Å². The van der Waals surface area contributed by atoms with Crippen LogP contribution < -0.4 is 10.6 Å². The average Bonchev–Trinajstić information content (AvgIpc) is 3.13. The molecule has 1 fully saturated rings. The number of imidazole rings is 1. The second kappa shape index (κ2) is 12.4. The summed E-state index contributed by atoms with van der Waals surface area (Å²) in [4.78, 5) is 11.3. The van der Waals surface area contributed by atoms with Crippen molar-refractivity contribution in [3.8, 4) is 0 Å². The van der Waals surface area contributed by atoms with Gasteiger partial charge in [-0.15, -0.1) is 24.0 Å². The minimum Gasteiger partial charge on any atom is -0.387 e. The number of benzene rings is 1. The molecule has 2 heterocycles. The molecule has 1 atom stereocenters. The van der Waals surface area contributed by atoms with Gasteiger partial charge in [-0.3, -0.25) is 9.89 Å². The Kier molecular flexibility index (Phi) is 10.3. The van der Waals surface area contributed by atoms with Crippen LogP contribution in [-0.4, -0.2) is 83.6 Å². The van der Waals surface area contributed by atoms with Crippen molar-refractivity contribution < 1.29 is 9.84 Å². The Labute approximate surface area is 196 Å². The highest BCUT2D eigenvalue weighted by atomic mass is 127. The van der Waals surface area contributed by atoms with E-state index in [9.17, 15) is 5.11 Å². The van der Waals surface area contributed by atoms with Gasteiger partial charge < -0.3 is 25.0 Å². The van der Waals surface area contributed by atoms with Crippen molar-refractivity contribution in [2.75, 3.05) is 52.5 Å². The average molecular weight is 530 g/mol. The van der Waals surface area contributed by atoms with E-state index < -0.39 is 5.60 Å². The fourth-order valence-electron chi connectivity index (χ4n) is 3.53. The molecule has 0 spiro atoms. The Bertz CT molecular complexity index is 789. The third-order valence-corrected chi connectivity index (χ3v) is 4.99. The first-order chi connectivity index (χ1) is 14.1. The number of guanidine groups is 1. The molecule has 1 aromatic heterocycles. The summed E-state index contributed by atoms with van der Waals surface area (Å²) < 4.78 is 7.55. The number of aryl methyl sites for hydroxylation is 1. The van der Waals surface area contributed by atoms with Crippen LogP contribution in [0.1, 0.15) is 20.3 Å². The highest BCUT2D eigenvalue weighted by Crippen LogP contribution is 2.12. The van der Waals surface area contributed by atoms with Crippen molar-refractivity contribution in [1.82, 2.24) is 25.1 Å². The van der Waals surface area contributed by atoms with Crippen LogP contribution in [0.25, 0.3) is 11.0 Å². The molecule has 0 amide bonds. The van der Waals surface area contributed by atoms with E-state index in [1.165, 1.54) is 0 Å². The van der Waals surface area contributed by atoms with Crippen molar-refractivity contribution in [2.45, 2.75) is 32.4 Å². The molecule has 8 nitrogen and oxygen atoms in total. The van der Waals surface area contributed by atoms with Gasteiger partial charge in [-0.2, -0.15) is 0 Å². The van der Waals surface area contributed by atoms with Gasteiger partial charge in [0, 0.05) is 39.3 Å². The number of para-hydroxylation sites is 2. The van der Waals surface area contributed by atoms with Gasteiger partial charge in [0.25, 0.3) is 0 Å². The van der Waals surface area contributed by atoms with Crippen molar-refractivity contribution in [3.05, 3.63) is 30.6 Å². The molecule has 0 radical (unpaired) electrons. The molecule has 3 N–H and O–H groups in total. The Morgan fingerprint density at radius 2 is 2.03 bits per heavy atom. The topological polar surface area (TPSA) is 86.9 Å². The fourth-order valence-corrected chi connectivity index (χ4v) is 3.53. The van der Waals surface area contributed by atoms with Crippen molar-refractivity contribution in [1.29, 1.82) is 0 Å². The molecular formula is C21H35IN6O2. The summed E-state index contributed by atoms with van der Waals surface area (Å²) in [5.74, 6) is 0.741. The van der Waals surface area contributed by atoms with E-state index in [0.717, 1.165) is 69.4 Å². The number of rotatable bonds is 9. The summed E-state index contributed by atoms with van der Waals surface area (Å²) in [6, 6.07) is 8.17. The minimum atomic E-state index is -0.866. The van der Waals surface area contributed by atoms with E-state index in [-0.39, 0.29) is 24.0 Å². The van der Waals surface area contributed by atoms with Crippen LogP contribution in [0.4, 0.5) is 0 Å². The van der Waals surface area contributed by atoms with Gasteiger partial charge in [-0.05, 0) is 32.4 Å². The van der Waals surface area contributed by atoms with Crippen molar-refractivity contribution >= 4 is 41.0 Å². The molecule has 30 heavy (non-hydrogen) atoms. The third-order valence-electron chi connectivity index (χ3n) is 4.99. The zero-order valence-electron chi connectivity index (χ0n) is 18.0. The van der Waals surface area contributed by atoms with Crippen molar-refractivity contribution in [3.63, 3.8) is 0 Å². The molecule has 1 saturated heterocycles. The van der Waals surface area contributed by atoms with E-state index in [0.29, 0.717) is 13.1 Å². The number of aliphatic imine (C=N–C) groups is 1. The van der Waals surface area contributed by atoms with Crippen LogP contribution in [0.15, 0.2) is 35.6 Å². The number of halogens is 1. The molecule has 0 aliphatic carbocycles. The molecule has 1 aromatic carbocycles. The first kappa shape index (κ1) is 24.8. The molecule has 0 saturated carbocycles. The van der Waals surface area contributed by atoms with Crippen molar-refractivity contribution in [2.24, 2.45) is 4.99 Å². The number of β-amino-alcohol motifs (C(OH)–C–C–N with tert-alkyl or cyclic N) is 1. The zero-order chi connectivity index (χ0) is 20.5. The Balaban J connectivity index is 0.00000320. The lowest BCUT2D eigenvalue weighted by molar-refractivity contribution is -0.0179. The lowest BCUT2D eigenvalue weighted by atomic mass is 10.1. The number of ether oxygens (including phenoxy) is 1. The predicted octanol–water partition coefficient (Wildman–Crippen LogP) is 1.68. The number of nitrogens with one attached hydrogen (secondary N) is 2. The van der Waals surface area contributed by atoms with E-state index in [1.807, 2.05) is 38.4 Å². The molecule has 1 aliphatic rings. The zero-order valence-corrected chi connectivity index (χ0v) is 20.3. The first-order valence-electron chi connectivity index (χ1n) is 10.5. The van der Waals surface area contributed by atoms with Gasteiger partial charge in [0.15, 0.2) is 5.96 Å². The molecule has 0 bridgehead atoms. The quantitative estimate of drug-likeness (QED) is 0.198. The summed E-state index contributed by atoms with van der Waals surface area (Å²) in [6.07, 6.45) is 2.85. The van der Waals surface area contributed by atoms with E-state index in [2.05, 4.69) is 36.1 Å².